The summed E-state index contributed by atoms with van der Waals surface area (Å²) in [7, 11) is -0.986. The second-order valence-electron chi connectivity index (χ2n) is 6.75. The SMILES string of the molecule is COc1ccc(CN(C)c2ccc([N+](=O)[O-])cc2S(=O)(=O)N2CCOCC2)cc1F. The van der Waals surface area contributed by atoms with Crippen LogP contribution in [-0.4, -0.2) is 58.1 Å². The van der Waals surface area contributed by atoms with Crippen LogP contribution in [0.4, 0.5) is 15.8 Å². The Kier molecular flexibility index (Phi) is 6.54. The van der Waals surface area contributed by atoms with Crippen molar-refractivity contribution in [2.24, 2.45) is 0 Å². The lowest BCUT2D eigenvalue weighted by Crippen LogP contribution is -2.41. The number of methoxy groups -OCH3 is 1. The lowest BCUT2D eigenvalue weighted by atomic mass is 10.2. The number of non-ortho nitro benzene ring substituents is 1. The number of nitro groups is 1. The summed E-state index contributed by atoms with van der Waals surface area (Å²) in [5.74, 6) is -0.430. The number of hydrogen-bond acceptors (Lipinski definition) is 7. The van der Waals surface area contributed by atoms with Crippen molar-refractivity contribution in [1.82, 2.24) is 4.31 Å². The summed E-state index contributed by atoms with van der Waals surface area (Å²) in [5, 5.41) is 11.2. The van der Waals surface area contributed by atoms with E-state index in [9.17, 15) is 22.9 Å². The molecule has 0 spiro atoms. The van der Waals surface area contributed by atoms with Crippen molar-refractivity contribution < 1.29 is 27.2 Å². The molecule has 1 aliphatic rings. The van der Waals surface area contributed by atoms with Crippen LogP contribution in [0.2, 0.25) is 0 Å². The molecule has 0 aromatic heterocycles. The number of hydrogen-bond donors (Lipinski definition) is 0. The molecule has 0 saturated carbocycles. The highest BCUT2D eigenvalue weighted by molar-refractivity contribution is 7.89. The predicted molar refractivity (Wildman–Crippen MR) is 108 cm³/mol. The van der Waals surface area contributed by atoms with Gasteiger partial charge in [-0.3, -0.25) is 10.1 Å². The predicted octanol–water partition coefficient (Wildman–Crippen LogP) is 2.40. The summed E-state index contributed by atoms with van der Waals surface area (Å²) in [6.45, 7) is 1.02. The zero-order valence-electron chi connectivity index (χ0n) is 16.6. The number of rotatable bonds is 7. The number of benzene rings is 2. The molecule has 0 radical (unpaired) electrons. The minimum absolute atomic E-state index is 0.104. The van der Waals surface area contributed by atoms with Gasteiger partial charge in [-0.25, -0.2) is 12.8 Å². The van der Waals surface area contributed by atoms with E-state index >= 15 is 0 Å². The first-order valence-corrected chi connectivity index (χ1v) is 10.6. The number of sulfonamides is 1. The lowest BCUT2D eigenvalue weighted by Gasteiger charge is -2.29. The fraction of sp³-hybridized carbons (Fsp3) is 0.368. The Balaban J connectivity index is 1.99. The number of morpholine rings is 1. The highest BCUT2D eigenvalue weighted by Crippen LogP contribution is 2.32. The molecule has 9 nitrogen and oxygen atoms in total. The van der Waals surface area contributed by atoms with Gasteiger partial charge in [-0.2, -0.15) is 4.31 Å². The molecule has 0 unspecified atom stereocenters. The van der Waals surface area contributed by atoms with Gasteiger partial charge in [0.05, 0.1) is 30.9 Å². The van der Waals surface area contributed by atoms with Crippen LogP contribution in [0.5, 0.6) is 5.75 Å². The summed E-state index contributed by atoms with van der Waals surface area (Å²) in [4.78, 5) is 12.0. The minimum Gasteiger partial charge on any atom is -0.494 e. The van der Waals surface area contributed by atoms with Crippen molar-refractivity contribution in [1.29, 1.82) is 0 Å². The summed E-state index contributed by atoms with van der Waals surface area (Å²) >= 11 is 0. The normalized spacial score (nSPS) is 15.0. The summed E-state index contributed by atoms with van der Waals surface area (Å²) < 4.78 is 51.8. The molecule has 1 heterocycles. The third-order valence-corrected chi connectivity index (χ3v) is 6.72. The van der Waals surface area contributed by atoms with Crippen molar-refractivity contribution in [2.75, 3.05) is 45.4 Å². The van der Waals surface area contributed by atoms with Crippen molar-refractivity contribution >= 4 is 21.4 Å². The van der Waals surface area contributed by atoms with Gasteiger partial charge in [0.1, 0.15) is 4.90 Å². The van der Waals surface area contributed by atoms with Crippen molar-refractivity contribution in [3.63, 3.8) is 0 Å². The quantitative estimate of drug-likeness (QED) is 0.482. The fourth-order valence-electron chi connectivity index (χ4n) is 3.23. The zero-order valence-corrected chi connectivity index (χ0v) is 17.4. The van der Waals surface area contributed by atoms with Crippen LogP contribution in [0.1, 0.15) is 5.56 Å². The van der Waals surface area contributed by atoms with Crippen LogP contribution in [-0.2, 0) is 21.3 Å². The van der Waals surface area contributed by atoms with E-state index in [0.29, 0.717) is 5.56 Å². The molecule has 0 atom stereocenters. The second kappa shape index (κ2) is 8.94. The average Bonchev–Trinajstić information content (AvgIpc) is 2.74. The number of anilines is 1. The van der Waals surface area contributed by atoms with Gasteiger partial charge in [0.25, 0.3) is 5.69 Å². The maximum Gasteiger partial charge on any atom is 0.270 e. The van der Waals surface area contributed by atoms with E-state index in [-0.39, 0.29) is 54.9 Å². The van der Waals surface area contributed by atoms with Gasteiger partial charge in [0.15, 0.2) is 11.6 Å². The molecule has 11 heteroatoms. The van der Waals surface area contributed by atoms with E-state index in [0.717, 1.165) is 6.07 Å². The Morgan fingerprint density at radius 1 is 1.23 bits per heavy atom. The largest absolute Gasteiger partial charge is 0.494 e. The Morgan fingerprint density at radius 3 is 2.53 bits per heavy atom. The minimum atomic E-state index is -3.99. The molecular weight excluding hydrogens is 417 g/mol. The molecule has 0 amide bonds. The van der Waals surface area contributed by atoms with Gasteiger partial charge in [0, 0.05) is 38.8 Å². The van der Waals surface area contributed by atoms with Crippen LogP contribution in [0.15, 0.2) is 41.3 Å². The molecule has 1 aliphatic heterocycles. The van der Waals surface area contributed by atoms with Gasteiger partial charge >= 0.3 is 0 Å². The number of ether oxygens (including phenoxy) is 2. The number of nitro benzene ring substituents is 1. The molecule has 0 bridgehead atoms. The standard InChI is InChI=1S/C19H22FN3O6S/c1-21(13-14-3-6-18(28-2)16(20)11-14)17-5-4-15(23(24)25)12-19(17)30(26,27)22-7-9-29-10-8-22/h3-6,11-12H,7-10,13H2,1-2H3. The van der Waals surface area contributed by atoms with E-state index in [1.165, 1.54) is 35.7 Å². The summed E-state index contributed by atoms with van der Waals surface area (Å²) in [5.41, 5.74) is 0.543. The topological polar surface area (TPSA) is 102 Å². The highest BCUT2D eigenvalue weighted by Gasteiger charge is 2.31. The van der Waals surface area contributed by atoms with Crippen LogP contribution in [0.3, 0.4) is 0 Å². The van der Waals surface area contributed by atoms with Crippen LogP contribution in [0, 0.1) is 15.9 Å². The van der Waals surface area contributed by atoms with E-state index < -0.39 is 20.8 Å². The first-order chi connectivity index (χ1) is 14.2. The number of nitrogens with zero attached hydrogens (tertiary/aromatic N) is 3. The van der Waals surface area contributed by atoms with Crippen molar-refractivity contribution in [2.45, 2.75) is 11.4 Å². The third kappa shape index (κ3) is 4.53. The second-order valence-corrected chi connectivity index (χ2v) is 8.66. The molecule has 1 fully saturated rings. The van der Waals surface area contributed by atoms with Crippen molar-refractivity contribution in [3.8, 4) is 5.75 Å². The maximum absolute atomic E-state index is 14.0. The third-order valence-electron chi connectivity index (χ3n) is 4.79. The first-order valence-electron chi connectivity index (χ1n) is 9.14. The van der Waals surface area contributed by atoms with Crippen LogP contribution < -0.4 is 9.64 Å². The molecular formula is C19H22FN3O6S. The monoisotopic (exact) mass is 439 g/mol. The van der Waals surface area contributed by atoms with Gasteiger partial charge in [-0.15, -0.1) is 0 Å². The molecule has 0 aliphatic carbocycles. The molecule has 2 aromatic rings. The Morgan fingerprint density at radius 2 is 1.93 bits per heavy atom. The molecule has 1 saturated heterocycles. The van der Waals surface area contributed by atoms with Gasteiger partial charge in [0.2, 0.25) is 10.0 Å². The van der Waals surface area contributed by atoms with E-state index in [1.807, 2.05) is 0 Å². The van der Waals surface area contributed by atoms with Gasteiger partial charge in [-0.05, 0) is 23.8 Å². The molecule has 0 N–H and O–H groups in total. The van der Waals surface area contributed by atoms with E-state index in [2.05, 4.69) is 0 Å². The smallest absolute Gasteiger partial charge is 0.270 e. The maximum atomic E-state index is 14.0. The highest BCUT2D eigenvalue weighted by atomic mass is 32.2. The summed E-state index contributed by atoms with van der Waals surface area (Å²) in [6, 6.07) is 8.16. The van der Waals surface area contributed by atoms with Gasteiger partial charge in [-0.1, -0.05) is 6.07 Å². The van der Waals surface area contributed by atoms with Crippen LogP contribution in [0.25, 0.3) is 0 Å². The fourth-order valence-corrected chi connectivity index (χ4v) is 4.90. The molecule has 2 aromatic carbocycles. The van der Waals surface area contributed by atoms with Gasteiger partial charge < -0.3 is 14.4 Å². The first kappa shape index (κ1) is 21.9. The Hall–Kier alpha value is -2.76. The lowest BCUT2D eigenvalue weighted by molar-refractivity contribution is -0.385. The van der Waals surface area contributed by atoms with Crippen LogP contribution >= 0.6 is 0 Å². The Bertz CT molecular complexity index is 1040. The summed E-state index contributed by atoms with van der Waals surface area (Å²) in [6.07, 6.45) is 0. The van der Waals surface area contributed by atoms with E-state index in [4.69, 9.17) is 9.47 Å². The van der Waals surface area contributed by atoms with Crippen molar-refractivity contribution in [3.05, 3.63) is 57.9 Å². The van der Waals surface area contributed by atoms with E-state index in [1.54, 1.807) is 18.0 Å². The zero-order chi connectivity index (χ0) is 21.9. The Labute approximate surface area is 173 Å². The molecule has 30 heavy (non-hydrogen) atoms. The average molecular weight is 439 g/mol. The molecule has 3 rings (SSSR count). The molecule has 162 valence electrons. The number of halogens is 1.